The minimum Gasteiger partial charge on any atom is -0.478 e. The molecule has 2 N–H and O–H groups in total. The summed E-state index contributed by atoms with van der Waals surface area (Å²) in [5.74, 6) is -0.497. The molecule has 0 aliphatic rings. The van der Waals surface area contributed by atoms with Gasteiger partial charge in [0.25, 0.3) is 5.56 Å². The van der Waals surface area contributed by atoms with Gasteiger partial charge in [0.15, 0.2) is 5.16 Å². The van der Waals surface area contributed by atoms with Gasteiger partial charge in [-0.05, 0) is 19.1 Å². The van der Waals surface area contributed by atoms with Crippen molar-refractivity contribution in [2.24, 2.45) is 0 Å². The quantitative estimate of drug-likeness (QED) is 0.649. The first-order valence-corrected chi connectivity index (χ1v) is 6.42. The van der Waals surface area contributed by atoms with Crippen LogP contribution in [0.3, 0.4) is 0 Å². The van der Waals surface area contributed by atoms with Crippen molar-refractivity contribution in [3.63, 3.8) is 0 Å². The van der Waals surface area contributed by atoms with Crippen LogP contribution in [0.25, 0.3) is 0 Å². The number of aromatic carboxylic acids is 1. The van der Waals surface area contributed by atoms with E-state index in [4.69, 9.17) is 5.11 Å². The fourth-order valence-electron chi connectivity index (χ4n) is 1.40. The van der Waals surface area contributed by atoms with Gasteiger partial charge in [-0.3, -0.25) is 9.78 Å². The fraction of sp³-hybridized carbons (Fsp3) is 0.167. The maximum atomic E-state index is 11.3. The Labute approximate surface area is 112 Å². The third-order valence-corrected chi connectivity index (χ3v) is 3.18. The van der Waals surface area contributed by atoms with Crippen LogP contribution in [-0.4, -0.2) is 26.0 Å². The number of hydrogen-bond donors (Lipinski definition) is 2. The number of aromatic amines is 1. The number of pyridine rings is 1. The van der Waals surface area contributed by atoms with Crippen molar-refractivity contribution >= 4 is 17.7 Å². The number of carbonyl (C=O) groups is 1. The summed E-state index contributed by atoms with van der Waals surface area (Å²) >= 11 is 1.34. The summed E-state index contributed by atoms with van der Waals surface area (Å²) in [6.45, 7) is 1.75. The number of aromatic nitrogens is 3. The molecule has 0 atom stereocenters. The van der Waals surface area contributed by atoms with Gasteiger partial charge in [0.05, 0.1) is 11.3 Å². The van der Waals surface area contributed by atoms with Crippen molar-refractivity contribution in [1.82, 2.24) is 15.0 Å². The molecule has 0 saturated carbocycles. The van der Waals surface area contributed by atoms with Crippen LogP contribution in [-0.2, 0) is 5.75 Å². The second-order valence-electron chi connectivity index (χ2n) is 3.82. The molecule has 2 aromatic heterocycles. The van der Waals surface area contributed by atoms with E-state index in [1.807, 2.05) is 0 Å². The topological polar surface area (TPSA) is 95.9 Å². The predicted molar refractivity (Wildman–Crippen MR) is 70.4 cm³/mol. The molecule has 6 nitrogen and oxygen atoms in total. The van der Waals surface area contributed by atoms with Crippen molar-refractivity contribution in [3.8, 4) is 0 Å². The lowest BCUT2D eigenvalue weighted by Gasteiger charge is -2.02. The zero-order valence-corrected chi connectivity index (χ0v) is 10.9. The lowest BCUT2D eigenvalue weighted by Crippen LogP contribution is -2.08. The van der Waals surface area contributed by atoms with Gasteiger partial charge in [-0.25, -0.2) is 9.78 Å². The van der Waals surface area contributed by atoms with Crippen LogP contribution in [0.4, 0.5) is 0 Å². The minimum atomic E-state index is -1.00. The van der Waals surface area contributed by atoms with Crippen molar-refractivity contribution in [2.75, 3.05) is 0 Å². The number of rotatable bonds is 4. The lowest BCUT2D eigenvalue weighted by molar-refractivity contribution is 0.0696. The highest BCUT2D eigenvalue weighted by Crippen LogP contribution is 2.17. The molecule has 2 rings (SSSR count). The monoisotopic (exact) mass is 277 g/mol. The van der Waals surface area contributed by atoms with Gasteiger partial charge < -0.3 is 10.1 Å². The number of nitrogens with one attached hydrogen (secondary N) is 1. The lowest BCUT2D eigenvalue weighted by atomic mass is 10.2. The third-order valence-electron chi connectivity index (χ3n) is 2.28. The second-order valence-corrected chi connectivity index (χ2v) is 4.79. The van der Waals surface area contributed by atoms with Crippen LogP contribution in [0.15, 0.2) is 34.3 Å². The standard InChI is InChI=1S/C12H11N3O3S/c1-7-4-10(16)15-12(14-7)19-6-9-3-2-8(5-13-9)11(17)18/h2-5H,6H2,1H3,(H,17,18)(H,14,15,16). The van der Waals surface area contributed by atoms with E-state index < -0.39 is 5.97 Å². The maximum absolute atomic E-state index is 11.3. The van der Waals surface area contributed by atoms with Gasteiger partial charge in [-0.15, -0.1) is 0 Å². The molecular formula is C12H11N3O3S. The van der Waals surface area contributed by atoms with E-state index in [9.17, 15) is 9.59 Å². The van der Waals surface area contributed by atoms with Crippen LogP contribution < -0.4 is 5.56 Å². The van der Waals surface area contributed by atoms with Gasteiger partial charge in [0, 0.05) is 23.7 Å². The molecule has 98 valence electrons. The summed E-state index contributed by atoms with van der Waals surface area (Å²) in [6.07, 6.45) is 1.31. The molecule has 0 amide bonds. The molecular weight excluding hydrogens is 266 g/mol. The van der Waals surface area contributed by atoms with Gasteiger partial charge in [-0.2, -0.15) is 0 Å². The number of nitrogens with zero attached hydrogens (tertiary/aromatic N) is 2. The summed E-state index contributed by atoms with van der Waals surface area (Å²) < 4.78 is 0. The zero-order chi connectivity index (χ0) is 13.8. The van der Waals surface area contributed by atoms with E-state index in [-0.39, 0.29) is 11.1 Å². The highest BCUT2D eigenvalue weighted by atomic mass is 32.2. The first kappa shape index (κ1) is 13.3. The van der Waals surface area contributed by atoms with Gasteiger partial charge in [-0.1, -0.05) is 11.8 Å². The van der Waals surface area contributed by atoms with Crippen molar-refractivity contribution in [3.05, 3.63) is 51.7 Å². The maximum Gasteiger partial charge on any atom is 0.337 e. The highest BCUT2D eigenvalue weighted by molar-refractivity contribution is 7.98. The Morgan fingerprint density at radius 2 is 2.26 bits per heavy atom. The second kappa shape index (κ2) is 5.66. The molecule has 0 saturated heterocycles. The first-order valence-electron chi connectivity index (χ1n) is 5.43. The SMILES string of the molecule is Cc1cc(=O)[nH]c(SCc2ccc(C(=O)O)cn2)n1. The van der Waals surface area contributed by atoms with Crippen molar-refractivity contribution in [2.45, 2.75) is 17.8 Å². The molecule has 0 fully saturated rings. The summed E-state index contributed by atoms with van der Waals surface area (Å²) in [5, 5.41) is 9.27. The Hall–Kier alpha value is -2.15. The van der Waals surface area contributed by atoms with E-state index >= 15 is 0 Å². The average Bonchev–Trinajstić information content (AvgIpc) is 2.36. The van der Waals surface area contributed by atoms with E-state index in [0.717, 1.165) is 5.69 Å². The Bertz CT molecular complexity index is 652. The summed E-state index contributed by atoms with van der Waals surface area (Å²) in [6, 6.07) is 4.56. The Kier molecular flexibility index (Phi) is 3.96. The number of carboxylic acids is 1. The normalized spacial score (nSPS) is 10.4. The first-order chi connectivity index (χ1) is 9.04. The van der Waals surface area contributed by atoms with E-state index in [2.05, 4.69) is 15.0 Å². The van der Waals surface area contributed by atoms with E-state index in [1.54, 1.807) is 13.0 Å². The summed E-state index contributed by atoms with van der Waals surface area (Å²) in [4.78, 5) is 32.8. The van der Waals surface area contributed by atoms with Crippen LogP contribution in [0.1, 0.15) is 21.7 Å². The Balaban J connectivity index is 2.06. The molecule has 0 spiro atoms. The molecule has 0 aromatic carbocycles. The number of thioether (sulfide) groups is 1. The molecule has 2 aromatic rings. The molecule has 7 heteroatoms. The Morgan fingerprint density at radius 3 is 2.84 bits per heavy atom. The van der Waals surface area contributed by atoms with Crippen molar-refractivity contribution < 1.29 is 9.90 Å². The minimum absolute atomic E-state index is 0.149. The number of H-pyrrole nitrogens is 1. The molecule has 0 bridgehead atoms. The smallest absolute Gasteiger partial charge is 0.337 e. The molecule has 0 radical (unpaired) electrons. The van der Waals surface area contributed by atoms with Crippen LogP contribution in [0, 0.1) is 6.92 Å². The van der Waals surface area contributed by atoms with Gasteiger partial charge in [0.1, 0.15) is 0 Å². The number of aryl methyl sites for hydroxylation is 1. The van der Waals surface area contributed by atoms with Crippen LogP contribution in [0.5, 0.6) is 0 Å². The molecule has 0 aliphatic heterocycles. The largest absolute Gasteiger partial charge is 0.478 e. The highest BCUT2D eigenvalue weighted by Gasteiger charge is 2.04. The average molecular weight is 277 g/mol. The number of hydrogen-bond acceptors (Lipinski definition) is 5. The fourth-order valence-corrected chi connectivity index (χ4v) is 2.24. The summed E-state index contributed by atoms with van der Waals surface area (Å²) in [7, 11) is 0. The molecule has 0 aliphatic carbocycles. The van der Waals surface area contributed by atoms with Crippen molar-refractivity contribution in [1.29, 1.82) is 0 Å². The molecule has 2 heterocycles. The Morgan fingerprint density at radius 1 is 1.47 bits per heavy atom. The van der Waals surface area contributed by atoms with Crippen LogP contribution in [0.2, 0.25) is 0 Å². The van der Waals surface area contributed by atoms with Crippen LogP contribution >= 0.6 is 11.8 Å². The molecule has 0 unspecified atom stereocenters. The molecule has 19 heavy (non-hydrogen) atoms. The predicted octanol–water partition coefficient (Wildman–Crippen LogP) is 1.46. The van der Waals surface area contributed by atoms with E-state index in [1.165, 1.54) is 30.1 Å². The zero-order valence-electron chi connectivity index (χ0n) is 10.1. The summed E-state index contributed by atoms with van der Waals surface area (Å²) in [5.41, 5.74) is 1.33. The van der Waals surface area contributed by atoms with Gasteiger partial charge >= 0.3 is 5.97 Å². The number of carboxylic acid groups (broad SMARTS) is 1. The third kappa shape index (κ3) is 3.65. The van der Waals surface area contributed by atoms with E-state index in [0.29, 0.717) is 16.6 Å². The van der Waals surface area contributed by atoms with Gasteiger partial charge in [0.2, 0.25) is 0 Å².